The zero-order valence-corrected chi connectivity index (χ0v) is 18.4. The molecule has 2 amide bonds. The standard InChI is InChI=1S/C22H18Cl3N3O2/c1-11-21-16(17-9-12(23)2-3-18(17)26-21)4-5-27(11)19-10-20(29)28(22(19)30)15-7-13(24)6-14(25)8-15/h2-3,6-9,11,19,26H,4-5,10H2,1H3. The topological polar surface area (TPSA) is 56.4 Å². The fraction of sp³-hybridized carbons (Fsp3) is 0.273. The summed E-state index contributed by atoms with van der Waals surface area (Å²) in [4.78, 5) is 32.8. The molecule has 2 atom stereocenters. The van der Waals surface area contributed by atoms with Crippen molar-refractivity contribution < 1.29 is 9.59 Å². The SMILES string of the molecule is CC1c2[nH]c3ccc(Cl)cc3c2CCN1C1CC(=O)N(c2cc(Cl)cc(Cl)c2)C1=O. The molecule has 3 aromatic rings. The Morgan fingerprint density at radius 2 is 1.73 bits per heavy atom. The fourth-order valence-corrected chi connectivity index (χ4v) is 5.39. The van der Waals surface area contributed by atoms with E-state index in [2.05, 4.69) is 16.8 Å². The summed E-state index contributed by atoms with van der Waals surface area (Å²) in [7, 11) is 0. The number of fused-ring (bicyclic) bond motifs is 3. The number of rotatable bonds is 2. The number of hydrogen-bond donors (Lipinski definition) is 1. The molecule has 1 saturated heterocycles. The molecule has 3 heterocycles. The summed E-state index contributed by atoms with van der Waals surface area (Å²) in [5.41, 5.74) is 3.74. The van der Waals surface area contributed by atoms with Gasteiger partial charge in [0, 0.05) is 44.3 Å². The molecule has 30 heavy (non-hydrogen) atoms. The molecule has 1 fully saturated rings. The average molecular weight is 463 g/mol. The van der Waals surface area contributed by atoms with Crippen molar-refractivity contribution >= 4 is 63.2 Å². The van der Waals surface area contributed by atoms with E-state index in [-0.39, 0.29) is 24.3 Å². The number of imide groups is 1. The molecule has 2 aliphatic rings. The summed E-state index contributed by atoms with van der Waals surface area (Å²) >= 11 is 18.3. The molecule has 0 aliphatic carbocycles. The molecule has 5 nitrogen and oxygen atoms in total. The third kappa shape index (κ3) is 3.12. The number of benzene rings is 2. The Hall–Kier alpha value is -2.05. The van der Waals surface area contributed by atoms with E-state index < -0.39 is 6.04 Å². The van der Waals surface area contributed by atoms with Gasteiger partial charge in [-0.25, -0.2) is 4.90 Å². The number of halogens is 3. The molecule has 0 bridgehead atoms. The van der Waals surface area contributed by atoms with Crippen molar-refractivity contribution in [3.05, 3.63) is 62.7 Å². The Morgan fingerprint density at radius 3 is 2.47 bits per heavy atom. The lowest BCUT2D eigenvalue weighted by molar-refractivity contribution is -0.123. The van der Waals surface area contributed by atoms with E-state index in [1.54, 1.807) is 18.2 Å². The number of anilines is 1. The third-order valence-electron chi connectivity index (χ3n) is 6.07. The van der Waals surface area contributed by atoms with E-state index in [9.17, 15) is 9.59 Å². The van der Waals surface area contributed by atoms with Crippen LogP contribution in [-0.4, -0.2) is 34.3 Å². The first-order valence-electron chi connectivity index (χ1n) is 9.72. The van der Waals surface area contributed by atoms with Crippen LogP contribution < -0.4 is 4.90 Å². The fourth-order valence-electron chi connectivity index (χ4n) is 4.71. The molecule has 0 radical (unpaired) electrons. The lowest BCUT2D eigenvalue weighted by Gasteiger charge is -2.36. The molecule has 0 spiro atoms. The molecule has 5 rings (SSSR count). The Balaban J connectivity index is 1.47. The van der Waals surface area contributed by atoms with Crippen molar-refractivity contribution in [2.24, 2.45) is 0 Å². The van der Waals surface area contributed by atoms with Crippen molar-refractivity contribution in [1.29, 1.82) is 0 Å². The maximum Gasteiger partial charge on any atom is 0.251 e. The summed E-state index contributed by atoms with van der Waals surface area (Å²) in [6.07, 6.45) is 0.912. The number of amides is 2. The highest BCUT2D eigenvalue weighted by atomic mass is 35.5. The number of carbonyl (C=O) groups excluding carboxylic acids is 2. The molecule has 1 N–H and O–H groups in total. The first-order chi connectivity index (χ1) is 14.3. The van der Waals surface area contributed by atoms with E-state index in [0.29, 0.717) is 27.3 Å². The van der Waals surface area contributed by atoms with E-state index >= 15 is 0 Å². The number of carbonyl (C=O) groups is 2. The predicted octanol–water partition coefficient (Wildman–Crippen LogP) is 5.38. The zero-order valence-electron chi connectivity index (χ0n) is 16.1. The minimum Gasteiger partial charge on any atom is -0.357 e. The van der Waals surface area contributed by atoms with Crippen LogP contribution in [0.25, 0.3) is 10.9 Å². The predicted molar refractivity (Wildman–Crippen MR) is 119 cm³/mol. The average Bonchev–Trinajstić information content (AvgIpc) is 3.19. The maximum absolute atomic E-state index is 13.3. The molecular formula is C22H18Cl3N3O2. The summed E-state index contributed by atoms with van der Waals surface area (Å²) in [6.45, 7) is 2.74. The second-order valence-corrected chi connectivity index (χ2v) is 9.10. The van der Waals surface area contributed by atoms with Crippen LogP contribution in [0.1, 0.15) is 30.6 Å². The number of nitrogens with zero attached hydrogens (tertiary/aromatic N) is 2. The highest BCUT2D eigenvalue weighted by Crippen LogP contribution is 2.39. The monoisotopic (exact) mass is 461 g/mol. The van der Waals surface area contributed by atoms with Crippen molar-refractivity contribution in [3.8, 4) is 0 Å². The smallest absolute Gasteiger partial charge is 0.251 e. The van der Waals surface area contributed by atoms with Gasteiger partial charge in [0.1, 0.15) is 0 Å². The maximum atomic E-state index is 13.3. The number of nitrogens with one attached hydrogen (secondary N) is 1. The molecule has 0 saturated carbocycles. The number of hydrogen-bond acceptors (Lipinski definition) is 3. The van der Waals surface area contributed by atoms with E-state index in [4.69, 9.17) is 34.8 Å². The van der Waals surface area contributed by atoms with Crippen molar-refractivity contribution in [2.45, 2.75) is 31.8 Å². The van der Waals surface area contributed by atoms with Crippen molar-refractivity contribution in [3.63, 3.8) is 0 Å². The lowest BCUT2D eigenvalue weighted by atomic mass is 9.96. The van der Waals surface area contributed by atoms with Gasteiger partial charge in [-0.15, -0.1) is 0 Å². The van der Waals surface area contributed by atoms with Gasteiger partial charge in [0.2, 0.25) is 5.91 Å². The van der Waals surface area contributed by atoms with Gasteiger partial charge in [-0.1, -0.05) is 34.8 Å². The number of aromatic nitrogens is 1. The molecular weight excluding hydrogens is 445 g/mol. The van der Waals surface area contributed by atoms with Crippen LogP contribution in [0.2, 0.25) is 15.1 Å². The molecule has 2 unspecified atom stereocenters. The van der Waals surface area contributed by atoms with Crippen LogP contribution in [0, 0.1) is 0 Å². The van der Waals surface area contributed by atoms with Gasteiger partial charge in [-0.3, -0.25) is 14.5 Å². The molecule has 1 aromatic heterocycles. The van der Waals surface area contributed by atoms with Crippen LogP contribution in [0.4, 0.5) is 5.69 Å². The first kappa shape index (κ1) is 19.9. The summed E-state index contributed by atoms with van der Waals surface area (Å²) in [6, 6.07) is 10.0. The van der Waals surface area contributed by atoms with Crippen LogP contribution in [0.5, 0.6) is 0 Å². The van der Waals surface area contributed by atoms with Crippen molar-refractivity contribution in [2.75, 3.05) is 11.4 Å². The summed E-state index contributed by atoms with van der Waals surface area (Å²) in [5, 5.41) is 2.59. The quantitative estimate of drug-likeness (QED) is 0.520. The number of H-pyrrole nitrogens is 1. The summed E-state index contributed by atoms with van der Waals surface area (Å²) in [5.74, 6) is -0.488. The highest BCUT2D eigenvalue weighted by Gasteiger charge is 2.45. The van der Waals surface area contributed by atoms with Crippen molar-refractivity contribution in [1.82, 2.24) is 9.88 Å². The Bertz CT molecular complexity index is 1190. The minimum absolute atomic E-state index is 0.0374. The normalized spacial score (nSPS) is 22.2. The van der Waals surface area contributed by atoms with Gasteiger partial charge >= 0.3 is 0 Å². The summed E-state index contributed by atoms with van der Waals surface area (Å²) < 4.78 is 0. The Labute approximate surface area is 188 Å². The number of aromatic amines is 1. The Morgan fingerprint density at radius 1 is 1.00 bits per heavy atom. The first-order valence-corrected chi connectivity index (χ1v) is 10.9. The Kier molecular flexibility index (Phi) is 4.82. The van der Waals surface area contributed by atoms with Gasteiger partial charge in [0.15, 0.2) is 0 Å². The molecule has 154 valence electrons. The van der Waals surface area contributed by atoms with E-state index in [1.807, 2.05) is 18.2 Å². The molecule has 8 heteroatoms. The minimum atomic E-state index is -0.520. The molecule has 2 aliphatic heterocycles. The lowest BCUT2D eigenvalue weighted by Crippen LogP contribution is -2.46. The largest absolute Gasteiger partial charge is 0.357 e. The zero-order chi connectivity index (χ0) is 21.2. The highest BCUT2D eigenvalue weighted by molar-refractivity contribution is 6.35. The van der Waals surface area contributed by atoms with Gasteiger partial charge in [-0.2, -0.15) is 0 Å². The van der Waals surface area contributed by atoms with Crippen LogP contribution in [0.3, 0.4) is 0 Å². The van der Waals surface area contributed by atoms with Crippen LogP contribution in [-0.2, 0) is 16.0 Å². The van der Waals surface area contributed by atoms with Crippen LogP contribution in [0.15, 0.2) is 36.4 Å². The third-order valence-corrected chi connectivity index (χ3v) is 6.74. The van der Waals surface area contributed by atoms with Gasteiger partial charge < -0.3 is 4.98 Å². The molecule has 2 aromatic carbocycles. The second-order valence-electron chi connectivity index (χ2n) is 7.79. The van der Waals surface area contributed by atoms with Crippen LogP contribution >= 0.6 is 34.8 Å². The second kappa shape index (κ2) is 7.27. The van der Waals surface area contributed by atoms with Gasteiger partial charge in [0.05, 0.1) is 18.2 Å². The van der Waals surface area contributed by atoms with E-state index in [0.717, 1.165) is 23.0 Å². The van der Waals surface area contributed by atoms with Gasteiger partial charge in [-0.05, 0) is 55.3 Å². The van der Waals surface area contributed by atoms with E-state index in [1.165, 1.54) is 10.5 Å². The van der Waals surface area contributed by atoms with Gasteiger partial charge in [0.25, 0.3) is 5.91 Å².